The summed E-state index contributed by atoms with van der Waals surface area (Å²) >= 11 is 0. The molecule has 0 aliphatic carbocycles. The van der Waals surface area contributed by atoms with Crippen molar-refractivity contribution in [1.82, 2.24) is 0 Å². The van der Waals surface area contributed by atoms with Crippen LogP contribution in [0, 0.1) is 7.11 Å². The lowest BCUT2D eigenvalue weighted by Gasteiger charge is -2.07. The van der Waals surface area contributed by atoms with Gasteiger partial charge in [-0.2, -0.15) is 0 Å². The second kappa shape index (κ2) is 5.28. The predicted octanol–water partition coefficient (Wildman–Crippen LogP) is 3.31. The predicted molar refractivity (Wildman–Crippen MR) is 60.2 cm³/mol. The van der Waals surface area contributed by atoms with Crippen LogP contribution in [-0.2, 0) is 12.8 Å². The van der Waals surface area contributed by atoms with E-state index in [1.54, 1.807) is 0 Å². The van der Waals surface area contributed by atoms with E-state index in [1.165, 1.54) is 11.1 Å². The van der Waals surface area contributed by atoms with Crippen molar-refractivity contribution in [2.75, 3.05) is 0 Å². The average molecular weight is 187 g/mol. The van der Waals surface area contributed by atoms with Crippen LogP contribution in [0.3, 0.4) is 0 Å². The van der Waals surface area contributed by atoms with Crippen LogP contribution >= 0.6 is 0 Å². The van der Waals surface area contributed by atoms with Gasteiger partial charge in [-0.05, 0) is 36.1 Å². The van der Waals surface area contributed by atoms with E-state index in [4.69, 9.17) is 4.74 Å². The molecule has 0 aliphatic heterocycles. The van der Waals surface area contributed by atoms with E-state index < -0.39 is 0 Å². The molecule has 1 rings (SSSR count). The Bertz CT molecular complexity index is 326. The standard InChI is InChI=1S/C13H15O/c1-4-6-11-8-9-13(14-3)10-12(11)7-5-2/h4-5,8-10H,1-3,6-7H2. The van der Waals surface area contributed by atoms with Gasteiger partial charge in [0.2, 0.25) is 0 Å². The van der Waals surface area contributed by atoms with E-state index in [1.807, 2.05) is 30.4 Å². The molecule has 1 aromatic carbocycles. The van der Waals surface area contributed by atoms with Crippen molar-refractivity contribution in [2.24, 2.45) is 0 Å². The van der Waals surface area contributed by atoms with Crippen LogP contribution in [-0.4, -0.2) is 0 Å². The normalized spacial score (nSPS) is 9.50. The fourth-order valence-electron chi connectivity index (χ4n) is 1.39. The molecule has 0 bridgehead atoms. The van der Waals surface area contributed by atoms with Crippen LogP contribution in [0.2, 0.25) is 0 Å². The van der Waals surface area contributed by atoms with E-state index >= 15 is 0 Å². The number of hydrogen-bond donors (Lipinski definition) is 0. The van der Waals surface area contributed by atoms with Gasteiger partial charge in [-0.25, -0.2) is 0 Å². The fourth-order valence-corrected chi connectivity index (χ4v) is 1.39. The Kier molecular flexibility index (Phi) is 3.99. The van der Waals surface area contributed by atoms with Crippen molar-refractivity contribution in [1.29, 1.82) is 0 Å². The Balaban J connectivity index is 3.02. The van der Waals surface area contributed by atoms with Crippen LogP contribution in [0.15, 0.2) is 43.5 Å². The maximum absolute atomic E-state index is 4.92. The Morgan fingerprint density at radius 2 is 1.71 bits per heavy atom. The van der Waals surface area contributed by atoms with Crippen molar-refractivity contribution >= 4 is 0 Å². The first-order valence-corrected chi connectivity index (χ1v) is 4.57. The minimum absolute atomic E-state index is 0.787. The molecule has 73 valence electrons. The van der Waals surface area contributed by atoms with E-state index in [9.17, 15) is 0 Å². The summed E-state index contributed by atoms with van der Waals surface area (Å²) < 4.78 is 4.92. The third-order valence-electron chi connectivity index (χ3n) is 2.07. The maximum atomic E-state index is 4.92. The highest BCUT2D eigenvalue weighted by atomic mass is 16.5. The van der Waals surface area contributed by atoms with Gasteiger partial charge in [-0.1, -0.05) is 18.2 Å². The van der Waals surface area contributed by atoms with Crippen molar-refractivity contribution in [3.05, 3.63) is 61.7 Å². The van der Waals surface area contributed by atoms with E-state index in [0.29, 0.717) is 0 Å². The van der Waals surface area contributed by atoms with Gasteiger partial charge in [0.05, 0.1) is 0 Å². The average Bonchev–Trinajstić information content (AvgIpc) is 2.21. The summed E-state index contributed by atoms with van der Waals surface area (Å²) in [5, 5.41) is 0. The first-order valence-electron chi connectivity index (χ1n) is 4.57. The van der Waals surface area contributed by atoms with Gasteiger partial charge < -0.3 is 4.74 Å². The lowest BCUT2D eigenvalue weighted by molar-refractivity contribution is 0.472. The molecule has 0 saturated carbocycles. The van der Waals surface area contributed by atoms with Gasteiger partial charge in [0.25, 0.3) is 0 Å². The van der Waals surface area contributed by atoms with Gasteiger partial charge in [-0.15, -0.1) is 13.2 Å². The van der Waals surface area contributed by atoms with Crippen LogP contribution in [0.1, 0.15) is 11.1 Å². The summed E-state index contributed by atoms with van der Waals surface area (Å²) in [7, 11) is 3.39. The van der Waals surface area contributed by atoms with Crippen LogP contribution in [0.4, 0.5) is 0 Å². The molecular weight excluding hydrogens is 172 g/mol. The second-order valence-corrected chi connectivity index (χ2v) is 3.06. The first kappa shape index (κ1) is 10.6. The maximum Gasteiger partial charge on any atom is 0.122 e. The lowest BCUT2D eigenvalue weighted by atomic mass is 10.0. The van der Waals surface area contributed by atoms with E-state index in [0.717, 1.165) is 18.6 Å². The van der Waals surface area contributed by atoms with Gasteiger partial charge in [0.15, 0.2) is 0 Å². The number of rotatable bonds is 5. The molecule has 0 aromatic heterocycles. The molecule has 1 nitrogen and oxygen atoms in total. The van der Waals surface area contributed by atoms with Gasteiger partial charge in [-0.3, -0.25) is 0 Å². The number of benzene rings is 1. The quantitative estimate of drug-likeness (QED) is 0.642. The molecule has 1 heteroatoms. The fraction of sp³-hybridized carbons (Fsp3) is 0.154. The highest BCUT2D eigenvalue weighted by Crippen LogP contribution is 2.19. The zero-order valence-corrected chi connectivity index (χ0v) is 8.33. The minimum atomic E-state index is 0.787. The largest absolute Gasteiger partial charge is 0.490 e. The highest BCUT2D eigenvalue weighted by Gasteiger charge is 2.01. The summed E-state index contributed by atoms with van der Waals surface area (Å²) in [6, 6.07) is 5.95. The molecule has 14 heavy (non-hydrogen) atoms. The van der Waals surface area contributed by atoms with Crippen LogP contribution in [0.25, 0.3) is 0 Å². The summed E-state index contributed by atoms with van der Waals surface area (Å²) in [5.74, 6) is 0.787. The highest BCUT2D eigenvalue weighted by molar-refractivity contribution is 5.37. The smallest absolute Gasteiger partial charge is 0.122 e. The van der Waals surface area contributed by atoms with E-state index in [2.05, 4.69) is 20.3 Å². The SMILES string of the molecule is [CH2]Oc1ccc(CC=C)c(CC=C)c1. The third kappa shape index (κ3) is 2.49. The minimum Gasteiger partial charge on any atom is -0.490 e. The summed E-state index contributed by atoms with van der Waals surface area (Å²) in [6.07, 6.45) is 5.50. The molecule has 0 saturated heterocycles. The van der Waals surface area contributed by atoms with Crippen molar-refractivity contribution < 1.29 is 4.74 Å². The van der Waals surface area contributed by atoms with Crippen LogP contribution in [0.5, 0.6) is 5.75 Å². The van der Waals surface area contributed by atoms with Crippen molar-refractivity contribution in [3.8, 4) is 5.75 Å². The first-order chi connectivity index (χ1) is 6.81. The number of allylic oxidation sites excluding steroid dienone is 2. The summed E-state index contributed by atoms with van der Waals surface area (Å²) in [5.41, 5.74) is 2.49. The van der Waals surface area contributed by atoms with E-state index in [-0.39, 0.29) is 0 Å². The Morgan fingerprint density at radius 3 is 2.29 bits per heavy atom. The second-order valence-electron chi connectivity index (χ2n) is 3.06. The Labute approximate surface area is 85.7 Å². The molecule has 1 aromatic rings. The van der Waals surface area contributed by atoms with Crippen LogP contribution < -0.4 is 4.74 Å². The molecule has 0 amide bonds. The Morgan fingerprint density at radius 1 is 1.07 bits per heavy atom. The van der Waals surface area contributed by atoms with Gasteiger partial charge in [0.1, 0.15) is 12.9 Å². The molecule has 0 spiro atoms. The van der Waals surface area contributed by atoms with Crippen molar-refractivity contribution in [2.45, 2.75) is 12.8 Å². The van der Waals surface area contributed by atoms with Gasteiger partial charge in [0, 0.05) is 0 Å². The van der Waals surface area contributed by atoms with Crippen molar-refractivity contribution in [3.63, 3.8) is 0 Å². The molecule has 0 heterocycles. The monoisotopic (exact) mass is 187 g/mol. The number of ether oxygens (including phenoxy) is 1. The number of hydrogen-bond acceptors (Lipinski definition) is 1. The molecule has 0 atom stereocenters. The molecule has 0 N–H and O–H groups in total. The zero-order chi connectivity index (χ0) is 10.4. The lowest BCUT2D eigenvalue weighted by Crippen LogP contribution is -1.92. The molecule has 0 aliphatic rings. The molecular formula is C13H15O. The zero-order valence-electron chi connectivity index (χ0n) is 8.33. The topological polar surface area (TPSA) is 9.23 Å². The summed E-state index contributed by atoms with van der Waals surface area (Å²) in [4.78, 5) is 0. The third-order valence-corrected chi connectivity index (χ3v) is 2.07. The molecule has 1 radical (unpaired) electrons. The molecule has 0 unspecified atom stereocenters. The van der Waals surface area contributed by atoms with Gasteiger partial charge >= 0.3 is 0 Å². The summed E-state index contributed by atoms with van der Waals surface area (Å²) in [6.45, 7) is 7.46. The Hall–Kier alpha value is -1.50. The molecule has 0 fully saturated rings.